The predicted octanol–water partition coefficient (Wildman–Crippen LogP) is 1.98. The molecule has 0 spiro atoms. The van der Waals surface area contributed by atoms with Crippen LogP contribution in [0.4, 0.5) is 4.39 Å². The number of nitriles is 1. The first kappa shape index (κ1) is 10.7. The molecule has 16 heavy (non-hydrogen) atoms. The summed E-state index contributed by atoms with van der Waals surface area (Å²) < 4.78 is 12.8. The summed E-state index contributed by atoms with van der Waals surface area (Å²) in [6.07, 6.45) is 1.89. The molecule has 0 saturated carbocycles. The lowest BCUT2D eigenvalue weighted by Gasteiger charge is -2.06. The average Bonchev–Trinajstić information content (AvgIpc) is 2.56. The van der Waals surface area contributed by atoms with E-state index in [2.05, 4.69) is 11.1 Å². The van der Waals surface area contributed by atoms with E-state index in [0.717, 1.165) is 5.56 Å². The second kappa shape index (κ2) is 3.99. The van der Waals surface area contributed by atoms with Crippen molar-refractivity contribution >= 4 is 21.8 Å². The third kappa shape index (κ3) is 1.68. The molecular formula is C11H10FN3S. The van der Waals surface area contributed by atoms with Crippen LogP contribution in [0, 0.1) is 17.1 Å². The van der Waals surface area contributed by atoms with E-state index in [1.165, 1.54) is 12.1 Å². The van der Waals surface area contributed by atoms with Crippen LogP contribution in [-0.4, -0.2) is 11.4 Å². The van der Waals surface area contributed by atoms with E-state index >= 15 is 0 Å². The first-order chi connectivity index (χ1) is 7.63. The third-order valence-electron chi connectivity index (χ3n) is 2.35. The Balaban J connectivity index is 2.52. The number of allylic oxidation sites excluding steroid dienone is 1. The van der Waals surface area contributed by atoms with Gasteiger partial charge in [-0.15, -0.1) is 0 Å². The molecule has 0 fully saturated rings. The number of thiol groups is 1. The van der Waals surface area contributed by atoms with Crippen molar-refractivity contribution < 1.29 is 4.39 Å². The van der Waals surface area contributed by atoms with E-state index < -0.39 is 10.9 Å². The first-order valence-corrected chi connectivity index (χ1v) is 6.40. The van der Waals surface area contributed by atoms with Gasteiger partial charge in [0.1, 0.15) is 17.1 Å². The standard InChI is InChI=1S/C11H10FN3S/c1-16-9(6-13)10(15-11(16)14)7-2-4-8(12)5-3-7/h2-5,16H,1H3,(H2,14,15). The molecule has 5 heteroatoms. The summed E-state index contributed by atoms with van der Waals surface area (Å²) in [5.41, 5.74) is 7.02. The zero-order valence-electron chi connectivity index (χ0n) is 8.61. The molecule has 1 atom stereocenters. The molecule has 1 unspecified atom stereocenters. The van der Waals surface area contributed by atoms with Crippen LogP contribution in [0.25, 0.3) is 5.70 Å². The highest BCUT2D eigenvalue weighted by Crippen LogP contribution is 2.42. The van der Waals surface area contributed by atoms with E-state index in [-0.39, 0.29) is 5.82 Å². The second-order valence-corrected chi connectivity index (χ2v) is 5.37. The monoisotopic (exact) mass is 235 g/mol. The van der Waals surface area contributed by atoms with Crippen LogP contribution < -0.4 is 5.73 Å². The summed E-state index contributed by atoms with van der Waals surface area (Å²) in [5.74, 6) is -0.309. The highest BCUT2D eigenvalue weighted by molar-refractivity contribution is 8.33. The maximum atomic E-state index is 12.8. The zero-order chi connectivity index (χ0) is 11.7. The molecule has 2 rings (SSSR count). The fraction of sp³-hybridized carbons (Fsp3) is 0.0909. The van der Waals surface area contributed by atoms with Gasteiger partial charge in [0.25, 0.3) is 0 Å². The van der Waals surface area contributed by atoms with E-state index in [4.69, 9.17) is 11.0 Å². The van der Waals surface area contributed by atoms with Gasteiger partial charge in [-0.25, -0.2) is 9.38 Å². The number of nitrogens with zero attached hydrogens (tertiary/aromatic N) is 2. The highest BCUT2D eigenvalue weighted by atomic mass is 32.2. The number of hydrogen-bond donors (Lipinski definition) is 2. The maximum Gasteiger partial charge on any atom is 0.143 e. The third-order valence-corrected chi connectivity index (χ3v) is 4.12. The number of hydrogen-bond acceptors (Lipinski definition) is 3. The Morgan fingerprint density at radius 3 is 2.56 bits per heavy atom. The molecule has 0 aromatic heterocycles. The summed E-state index contributed by atoms with van der Waals surface area (Å²) in [4.78, 5) is 4.78. The Hall–Kier alpha value is -1.80. The Bertz CT molecular complexity index is 525. The molecule has 0 amide bonds. The quantitative estimate of drug-likeness (QED) is 0.731. The van der Waals surface area contributed by atoms with Crippen molar-refractivity contribution in [3.63, 3.8) is 0 Å². The van der Waals surface area contributed by atoms with E-state index in [1.54, 1.807) is 12.1 Å². The molecule has 0 aliphatic carbocycles. The van der Waals surface area contributed by atoms with Crippen molar-refractivity contribution in [2.45, 2.75) is 0 Å². The van der Waals surface area contributed by atoms with Crippen molar-refractivity contribution in [2.24, 2.45) is 10.7 Å². The summed E-state index contributed by atoms with van der Waals surface area (Å²) in [7, 11) is -0.808. The number of rotatable bonds is 1. The van der Waals surface area contributed by atoms with Crippen molar-refractivity contribution in [1.29, 1.82) is 5.26 Å². The van der Waals surface area contributed by atoms with Gasteiger partial charge in [-0.3, -0.25) is 0 Å². The zero-order valence-corrected chi connectivity index (χ0v) is 9.50. The molecule has 1 aromatic carbocycles. The van der Waals surface area contributed by atoms with Crippen LogP contribution in [0.15, 0.2) is 34.2 Å². The highest BCUT2D eigenvalue weighted by Gasteiger charge is 2.22. The van der Waals surface area contributed by atoms with E-state index in [1.807, 2.05) is 6.26 Å². The van der Waals surface area contributed by atoms with Gasteiger partial charge >= 0.3 is 0 Å². The van der Waals surface area contributed by atoms with Crippen molar-refractivity contribution in [1.82, 2.24) is 0 Å². The SMILES string of the molecule is C[SH]1C(N)=NC(c2ccc(F)cc2)=C1C#N. The Morgan fingerprint density at radius 1 is 1.38 bits per heavy atom. The Labute approximate surface area is 95.4 Å². The smallest absolute Gasteiger partial charge is 0.143 e. The Kier molecular flexibility index (Phi) is 2.67. The fourth-order valence-corrected chi connectivity index (χ4v) is 2.58. The van der Waals surface area contributed by atoms with Gasteiger partial charge in [0, 0.05) is 5.56 Å². The lowest BCUT2D eigenvalue weighted by atomic mass is 10.1. The minimum Gasteiger partial charge on any atom is -0.379 e. The van der Waals surface area contributed by atoms with Crippen LogP contribution in [0.1, 0.15) is 5.56 Å². The number of aliphatic imine (C=N–C) groups is 1. The van der Waals surface area contributed by atoms with Gasteiger partial charge in [-0.1, -0.05) is 0 Å². The number of nitrogens with two attached hydrogens (primary N) is 1. The second-order valence-electron chi connectivity index (χ2n) is 3.34. The molecule has 1 aliphatic heterocycles. The molecule has 1 aliphatic rings. The minimum atomic E-state index is -0.808. The van der Waals surface area contributed by atoms with Gasteiger partial charge in [-0.2, -0.15) is 16.2 Å². The Morgan fingerprint density at radius 2 is 2.00 bits per heavy atom. The van der Waals surface area contributed by atoms with Gasteiger partial charge in [0.15, 0.2) is 0 Å². The normalized spacial score (nSPS) is 21.8. The van der Waals surface area contributed by atoms with Crippen molar-refractivity contribution in [3.8, 4) is 6.07 Å². The van der Waals surface area contributed by atoms with Crippen LogP contribution in [0.2, 0.25) is 0 Å². The number of amidine groups is 1. The van der Waals surface area contributed by atoms with Crippen LogP contribution in [0.3, 0.4) is 0 Å². The first-order valence-electron chi connectivity index (χ1n) is 4.61. The van der Waals surface area contributed by atoms with Gasteiger partial charge in [0.2, 0.25) is 0 Å². The molecule has 2 N–H and O–H groups in total. The molecule has 1 aromatic rings. The fourth-order valence-electron chi connectivity index (χ4n) is 1.45. The summed E-state index contributed by atoms with van der Waals surface area (Å²) in [6.45, 7) is 0. The minimum absolute atomic E-state index is 0.309. The lowest BCUT2D eigenvalue weighted by molar-refractivity contribution is 0.627. The van der Waals surface area contributed by atoms with Gasteiger partial charge in [-0.05, 0) is 30.5 Å². The topological polar surface area (TPSA) is 62.2 Å². The number of benzene rings is 1. The molecule has 0 radical (unpaired) electrons. The molecule has 82 valence electrons. The molecule has 3 nitrogen and oxygen atoms in total. The summed E-state index contributed by atoms with van der Waals surface area (Å²) in [5, 5.41) is 9.54. The maximum absolute atomic E-state index is 12.8. The molecule has 0 saturated heterocycles. The van der Waals surface area contributed by atoms with E-state index in [9.17, 15) is 4.39 Å². The summed E-state index contributed by atoms with van der Waals surface area (Å²) >= 11 is 0. The van der Waals surface area contributed by atoms with Gasteiger partial charge in [0.05, 0.1) is 10.6 Å². The lowest BCUT2D eigenvalue weighted by Crippen LogP contribution is -2.07. The van der Waals surface area contributed by atoms with Crippen molar-refractivity contribution in [3.05, 3.63) is 40.6 Å². The average molecular weight is 235 g/mol. The van der Waals surface area contributed by atoms with Gasteiger partial charge < -0.3 is 5.73 Å². The molecule has 0 bridgehead atoms. The molecule has 1 heterocycles. The van der Waals surface area contributed by atoms with E-state index in [0.29, 0.717) is 15.8 Å². The predicted molar refractivity (Wildman–Crippen MR) is 65.5 cm³/mol. The summed E-state index contributed by atoms with van der Waals surface area (Å²) in [6, 6.07) is 8.03. The van der Waals surface area contributed by atoms with Crippen LogP contribution in [-0.2, 0) is 0 Å². The van der Waals surface area contributed by atoms with Crippen LogP contribution in [0.5, 0.6) is 0 Å². The molecular weight excluding hydrogens is 225 g/mol. The van der Waals surface area contributed by atoms with Crippen LogP contribution >= 0.6 is 10.9 Å². The van der Waals surface area contributed by atoms with Crippen molar-refractivity contribution in [2.75, 3.05) is 6.26 Å². The number of halogens is 1. The largest absolute Gasteiger partial charge is 0.379 e.